The van der Waals surface area contributed by atoms with Crippen molar-refractivity contribution in [2.45, 2.75) is 26.4 Å². The number of para-hydroxylation sites is 2. The fourth-order valence-electron chi connectivity index (χ4n) is 2.74. The van der Waals surface area contributed by atoms with E-state index in [2.05, 4.69) is 46.5 Å². The minimum atomic E-state index is 0.417. The smallest absolute Gasteiger partial charge is 0.131 e. The highest BCUT2D eigenvalue weighted by Crippen LogP contribution is 2.33. The fourth-order valence-corrected chi connectivity index (χ4v) is 2.98. The Labute approximate surface area is 124 Å². The van der Waals surface area contributed by atoms with Gasteiger partial charge in [0.25, 0.3) is 0 Å². The molecule has 1 aromatic carbocycles. The van der Waals surface area contributed by atoms with E-state index < -0.39 is 0 Å². The average Bonchev–Trinajstić information content (AvgIpc) is 2.68. The third-order valence-electron chi connectivity index (χ3n) is 3.93. The Morgan fingerprint density at radius 3 is 2.85 bits per heavy atom. The van der Waals surface area contributed by atoms with Crippen LogP contribution in [0.25, 0.3) is 0 Å². The lowest BCUT2D eigenvalue weighted by Crippen LogP contribution is -2.41. The van der Waals surface area contributed by atoms with Gasteiger partial charge in [0.1, 0.15) is 5.15 Å². The van der Waals surface area contributed by atoms with Gasteiger partial charge in [-0.25, -0.2) is 0 Å². The first-order chi connectivity index (χ1) is 9.58. The first-order valence-electron chi connectivity index (χ1n) is 6.85. The van der Waals surface area contributed by atoms with Crippen LogP contribution in [0.2, 0.25) is 5.15 Å². The SMILES string of the molecule is Cc1nn(C)c(Cl)c1CN1c2ccccc2NCC1C. The van der Waals surface area contributed by atoms with Crippen molar-refractivity contribution >= 4 is 23.0 Å². The summed E-state index contributed by atoms with van der Waals surface area (Å²) >= 11 is 6.37. The van der Waals surface area contributed by atoms with Crippen LogP contribution < -0.4 is 10.2 Å². The Balaban J connectivity index is 1.98. The molecule has 0 amide bonds. The highest BCUT2D eigenvalue weighted by molar-refractivity contribution is 6.30. The summed E-state index contributed by atoms with van der Waals surface area (Å²) in [5.41, 5.74) is 4.52. The molecule has 0 fully saturated rings. The number of hydrogen-bond acceptors (Lipinski definition) is 3. The third kappa shape index (κ3) is 2.14. The fraction of sp³-hybridized carbons (Fsp3) is 0.400. The summed E-state index contributed by atoms with van der Waals surface area (Å²) in [6.45, 7) is 5.97. The lowest BCUT2D eigenvalue weighted by Gasteiger charge is -2.37. The number of nitrogens with zero attached hydrogens (tertiary/aromatic N) is 3. The number of nitrogens with one attached hydrogen (secondary N) is 1. The predicted octanol–water partition coefficient (Wildman–Crippen LogP) is 3.20. The predicted molar refractivity (Wildman–Crippen MR) is 83.5 cm³/mol. The van der Waals surface area contributed by atoms with Gasteiger partial charge < -0.3 is 10.2 Å². The molecule has 1 unspecified atom stereocenters. The van der Waals surface area contributed by atoms with Crippen molar-refractivity contribution in [1.29, 1.82) is 0 Å². The molecule has 4 nitrogen and oxygen atoms in total. The molecule has 1 atom stereocenters. The first-order valence-corrected chi connectivity index (χ1v) is 7.23. The van der Waals surface area contributed by atoms with Crippen LogP contribution >= 0.6 is 11.6 Å². The number of hydrogen-bond donors (Lipinski definition) is 1. The molecule has 5 heteroatoms. The van der Waals surface area contributed by atoms with Gasteiger partial charge in [-0.1, -0.05) is 23.7 Å². The van der Waals surface area contributed by atoms with Crippen molar-refractivity contribution in [2.24, 2.45) is 7.05 Å². The number of aromatic nitrogens is 2. The molecule has 0 radical (unpaired) electrons. The van der Waals surface area contributed by atoms with Crippen LogP contribution in [0.15, 0.2) is 24.3 Å². The Bertz CT molecular complexity index is 635. The molecule has 20 heavy (non-hydrogen) atoms. The molecule has 2 aromatic rings. The summed E-state index contributed by atoms with van der Waals surface area (Å²) < 4.78 is 1.74. The van der Waals surface area contributed by atoms with Crippen molar-refractivity contribution < 1.29 is 0 Å². The highest BCUT2D eigenvalue weighted by atomic mass is 35.5. The van der Waals surface area contributed by atoms with Crippen LogP contribution in [0, 0.1) is 6.92 Å². The topological polar surface area (TPSA) is 33.1 Å². The van der Waals surface area contributed by atoms with Gasteiger partial charge in [0.15, 0.2) is 0 Å². The van der Waals surface area contributed by atoms with Gasteiger partial charge in [-0.05, 0) is 26.0 Å². The van der Waals surface area contributed by atoms with E-state index in [9.17, 15) is 0 Å². The lowest BCUT2D eigenvalue weighted by atomic mass is 10.1. The van der Waals surface area contributed by atoms with Crippen molar-refractivity contribution in [3.63, 3.8) is 0 Å². The summed E-state index contributed by atoms with van der Waals surface area (Å²) in [5.74, 6) is 0. The molecule has 1 aromatic heterocycles. The van der Waals surface area contributed by atoms with E-state index in [4.69, 9.17) is 11.6 Å². The van der Waals surface area contributed by atoms with Crippen LogP contribution in [0.3, 0.4) is 0 Å². The third-order valence-corrected chi connectivity index (χ3v) is 4.40. The van der Waals surface area contributed by atoms with E-state index in [0.717, 1.165) is 29.5 Å². The Kier molecular flexibility index (Phi) is 3.34. The van der Waals surface area contributed by atoms with E-state index in [0.29, 0.717) is 6.04 Å². The second kappa shape index (κ2) is 5.02. The molecule has 1 aliphatic heterocycles. The highest BCUT2D eigenvalue weighted by Gasteiger charge is 2.24. The van der Waals surface area contributed by atoms with E-state index in [1.54, 1.807) is 4.68 Å². The largest absolute Gasteiger partial charge is 0.381 e. The van der Waals surface area contributed by atoms with E-state index in [1.807, 2.05) is 14.0 Å². The second-order valence-corrected chi connectivity index (χ2v) is 5.71. The van der Waals surface area contributed by atoms with Crippen molar-refractivity contribution in [1.82, 2.24) is 9.78 Å². The standard InChI is InChI=1S/C15H19ClN4/c1-10-8-17-13-6-4-5-7-14(13)20(10)9-12-11(2)18-19(3)15(12)16/h4-7,10,17H,8-9H2,1-3H3. The summed E-state index contributed by atoms with van der Waals surface area (Å²) in [4.78, 5) is 2.39. The Morgan fingerprint density at radius 1 is 1.40 bits per heavy atom. The van der Waals surface area contributed by atoms with Crippen molar-refractivity contribution in [3.8, 4) is 0 Å². The molecule has 0 saturated heterocycles. The Morgan fingerprint density at radius 2 is 2.15 bits per heavy atom. The van der Waals surface area contributed by atoms with Gasteiger partial charge in [-0.15, -0.1) is 0 Å². The summed E-state index contributed by atoms with van der Waals surface area (Å²) in [7, 11) is 1.88. The molecule has 0 bridgehead atoms. The number of aryl methyl sites for hydroxylation is 2. The molecular formula is C15H19ClN4. The van der Waals surface area contributed by atoms with Crippen molar-refractivity contribution in [3.05, 3.63) is 40.7 Å². The van der Waals surface area contributed by atoms with Crippen LogP contribution in [0.4, 0.5) is 11.4 Å². The minimum Gasteiger partial charge on any atom is -0.381 e. The normalized spacial score (nSPS) is 17.8. The van der Waals surface area contributed by atoms with E-state index >= 15 is 0 Å². The Hall–Kier alpha value is -1.68. The van der Waals surface area contributed by atoms with Crippen LogP contribution in [-0.2, 0) is 13.6 Å². The molecule has 0 spiro atoms. The second-order valence-electron chi connectivity index (χ2n) is 5.35. The number of benzene rings is 1. The lowest BCUT2D eigenvalue weighted by molar-refractivity contribution is 0.640. The van der Waals surface area contributed by atoms with Crippen LogP contribution in [0.5, 0.6) is 0 Å². The molecule has 0 saturated carbocycles. The monoisotopic (exact) mass is 290 g/mol. The molecule has 1 aliphatic rings. The zero-order chi connectivity index (χ0) is 14.3. The van der Waals surface area contributed by atoms with Crippen molar-refractivity contribution in [2.75, 3.05) is 16.8 Å². The van der Waals surface area contributed by atoms with Gasteiger partial charge in [0.05, 0.1) is 17.1 Å². The minimum absolute atomic E-state index is 0.417. The summed E-state index contributed by atoms with van der Waals surface area (Å²) in [6, 6.07) is 8.82. The average molecular weight is 291 g/mol. The molecule has 2 heterocycles. The number of anilines is 2. The van der Waals surface area contributed by atoms with Gasteiger partial charge in [-0.2, -0.15) is 5.10 Å². The molecular weight excluding hydrogens is 272 g/mol. The van der Waals surface area contributed by atoms with Gasteiger partial charge >= 0.3 is 0 Å². The van der Waals surface area contributed by atoms with Gasteiger partial charge in [0.2, 0.25) is 0 Å². The maximum atomic E-state index is 6.37. The van der Waals surface area contributed by atoms with Gasteiger partial charge in [-0.3, -0.25) is 4.68 Å². The maximum Gasteiger partial charge on any atom is 0.131 e. The van der Waals surface area contributed by atoms with Crippen LogP contribution in [-0.4, -0.2) is 22.4 Å². The molecule has 0 aliphatic carbocycles. The quantitative estimate of drug-likeness (QED) is 0.922. The molecule has 106 valence electrons. The van der Waals surface area contributed by atoms with Crippen LogP contribution in [0.1, 0.15) is 18.2 Å². The zero-order valence-corrected chi connectivity index (χ0v) is 12.8. The number of fused-ring (bicyclic) bond motifs is 1. The zero-order valence-electron chi connectivity index (χ0n) is 12.0. The van der Waals surface area contributed by atoms with Gasteiger partial charge in [0, 0.05) is 31.7 Å². The summed E-state index contributed by atoms with van der Waals surface area (Å²) in [5, 5.41) is 8.59. The maximum absolute atomic E-state index is 6.37. The first kappa shape index (κ1) is 13.3. The van der Waals surface area contributed by atoms with E-state index in [1.165, 1.54) is 11.4 Å². The van der Waals surface area contributed by atoms with E-state index in [-0.39, 0.29) is 0 Å². The number of rotatable bonds is 2. The molecule has 3 rings (SSSR count). The summed E-state index contributed by atoms with van der Waals surface area (Å²) in [6.07, 6.45) is 0. The number of halogens is 1. The molecule has 1 N–H and O–H groups in total.